The largest absolute Gasteiger partial charge is 0.493 e. The average Bonchev–Trinajstić information content (AvgIpc) is 2.30. The summed E-state index contributed by atoms with van der Waals surface area (Å²) in [5, 5.41) is 2.66. The number of hydrogen-bond donors (Lipinski definition) is 2. The SMILES string of the molecule is CC(Nc1ccc(OCCC(N)=O)cc1)C(F)F. The van der Waals surface area contributed by atoms with E-state index in [4.69, 9.17) is 10.5 Å². The molecular weight excluding hydrogens is 242 g/mol. The van der Waals surface area contributed by atoms with E-state index in [1.807, 2.05) is 0 Å². The summed E-state index contributed by atoms with van der Waals surface area (Å²) in [6.07, 6.45) is -2.28. The van der Waals surface area contributed by atoms with Crippen LogP contribution in [0, 0.1) is 0 Å². The number of nitrogens with two attached hydrogens (primary N) is 1. The van der Waals surface area contributed by atoms with Crippen LogP contribution in [0.15, 0.2) is 24.3 Å². The van der Waals surface area contributed by atoms with Gasteiger partial charge in [-0.15, -0.1) is 0 Å². The van der Waals surface area contributed by atoms with Gasteiger partial charge in [0.25, 0.3) is 6.43 Å². The third kappa shape index (κ3) is 4.99. The van der Waals surface area contributed by atoms with Crippen LogP contribution in [0.5, 0.6) is 5.75 Å². The lowest BCUT2D eigenvalue weighted by molar-refractivity contribution is -0.118. The van der Waals surface area contributed by atoms with Gasteiger partial charge in [0.1, 0.15) is 5.75 Å². The number of nitrogens with one attached hydrogen (secondary N) is 1. The van der Waals surface area contributed by atoms with Gasteiger partial charge in [-0.1, -0.05) is 0 Å². The number of anilines is 1. The monoisotopic (exact) mass is 258 g/mol. The molecule has 1 amide bonds. The normalized spacial score (nSPS) is 12.2. The molecule has 0 saturated heterocycles. The Morgan fingerprint density at radius 1 is 1.39 bits per heavy atom. The average molecular weight is 258 g/mol. The molecule has 0 heterocycles. The first-order chi connectivity index (χ1) is 8.49. The molecule has 0 aromatic heterocycles. The molecule has 0 spiro atoms. The van der Waals surface area contributed by atoms with Crippen molar-refractivity contribution in [2.24, 2.45) is 5.73 Å². The van der Waals surface area contributed by atoms with E-state index in [9.17, 15) is 13.6 Å². The van der Waals surface area contributed by atoms with Crippen LogP contribution in [-0.4, -0.2) is 25.0 Å². The van der Waals surface area contributed by atoms with Crippen LogP contribution in [0.25, 0.3) is 0 Å². The van der Waals surface area contributed by atoms with Crippen molar-refractivity contribution in [2.45, 2.75) is 25.8 Å². The van der Waals surface area contributed by atoms with Crippen LogP contribution >= 0.6 is 0 Å². The number of rotatable bonds is 7. The zero-order valence-corrected chi connectivity index (χ0v) is 10.0. The quantitative estimate of drug-likeness (QED) is 0.786. The fraction of sp³-hybridized carbons (Fsp3) is 0.417. The maximum atomic E-state index is 12.3. The fourth-order valence-electron chi connectivity index (χ4n) is 1.24. The van der Waals surface area contributed by atoms with Gasteiger partial charge in [0.2, 0.25) is 5.91 Å². The Morgan fingerprint density at radius 2 is 2.00 bits per heavy atom. The molecule has 100 valence electrons. The van der Waals surface area contributed by atoms with E-state index < -0.39 is 18.4 Å². The van der Waals surface area contributed by atoms with Gasteiger partial charge < -0.3 is 15.8 Å². The van der Waals surface area contributed by atoms with E-state index in [1.54, 1.807) is 24.3 Å². The summed E-state index contributed by atoms with van der Waals surface area (Å²) in [5.41, 5.74) is 5.55. The highest BCUT2D eigenvalue weighted by Crippen LogP contribution is 2.17. The van der Waals surface area contributed by atoms with E-state index in [0.29, 0.717) is 11.4 Å². The van der Waals surface area contributed by atoms with Crippen molar-refractivity contribution >= 4 is 11.6 Å². The lowest BCUT2D eigenvalue weighted by Crippen LogP contribution is -2.23. The Bertz CT molecular complexity index is 382. The molecule has 0 bridgehead atoms. The number of amides is 1. The summed E-state index contributed by atoms with van der Waals surface area (Å²) in [7, 11) is 0. The molecule has 0 aliphatic heterocycles. The lowest BCUT2D eigenvalue weighted by Gasteiger charge is -2.14. The third-order valence-electron chi connectivity index (χ3n) is 2.24. The Hall–Kier alpha value is -1.85. The number of carbonyl (C=O) groups is 1. The number of primary amides is 1. The predicted molar refractivity (Wildman–Crippen MR) is 64.8 cm³/mol. The number of hydrogen-bond acceptors (Lipinski definition) is 3. The van der Waals surface area contributed by atoms with Crippen LogP contribution in [0.2, 0.25) is 0 Å². The number of ether oxygens (including phenoxy) is 1. The first kappa shape index (κ1) is 14.2. The molecule has 1 unspecified atom stereocenters. The van der Waals surface area contributed by atoms with Gasteiger partial charge in [-0.05, 0) is 31.2 Å². The molecule has 4 nitrogen and oxygen atoms in total. The van der Waals surface area contributed by atoms with Gasteiger partial charge in [0.05, 0.1) is 19.1 Å². The van der Waals surface area contributed by atoms with E-state index in [1.165, 1.54) is 6.92 Å². The van der Waals surface area contributed by atoms with Gasteiger partial charge in [0, 0.05) is 5.69 Å². The minimum absolute atomic E-state index is 0.141. The molecular formula is C12H16F2N2O2. The molecule has 0 aliphatic rings. The van der Waals surface area contributed by atoms with Crippen molar-refractivity contribution in [3.8, 4) is 5.75 Å². The van der Waals surface area contributed by atoms with Gasteiger partial charge in [-0.2, -0.15) is 0 Å². The Morgan fingerprint density at radius 3 is 2.50 bits per heavy atom. The molecule has 1 atom stereocenters. The number of alkyl halides is 2. The van der Waals surface area contributed by atoms with Gasteiger partial charge >= 0.3 is 0 Å². The van der Waals surface area contributed by atoms with E-state index in [2.05, 4.69) is 5.32 Å². The van der Waals surface area contributed by atoms with E-state index in [-0.39, 0.29) is 13.0 Å². The lowest BCUT2D eigenvalue weighted by atomic mass is 10.2. The molecule has 0 radical (unpaired) electrons. The maximum absolute atomic E-state index is 12.3. The third-order valence-corrected chi connectivity index (χ3v) is 2.24. The van der Waals surface area contributed by atoms with Gasteiger partial charge in [-0.3, -0.25) is 4.79 Å². The summed E-state index contributed by atoms with van der Waals surface area (Å²) in [6, 6.07) is 5.65. The first-order valence-corrected chi connectivity index (χ1v) is 5.55. The highest BCUT2D eigenvalue weighted by molar-refractivity contribution is 5.73. The second kappa shape index (κ2) is 6.78. The number of benzene rings is 1. The Balaban J connectivity index is 2.44. The number of carbonyl (C=O) groups excluding carboxylic acids is 1. The molecule has 1 aromatic rings. The summed E-state index contributed by atoms with van der Waals surface area (Å²) in [6.45, 7) is 1.61. The maximum Gasteiger partial charge on any atom is 0.258 e. The Labute approximate surface area is 104 Å². The predicted octanol–water partition coefficient (Wildman–Crippen LogP) is 2.01. The van der Waals surface area contributed by atoms with Gasteiger partial charge in [-0.25, -0.2) is 8.78 Å². The van der Waals surface area contributed by atoms with E-state index in [0.717, 1.165) is 0 Å². The minimum atomic E-state index is -2.42. The highest BCUT2D eigenvalue weighted by Gasteiger charge is 2.13. The zero-order valence-electron chi connectivity index (χ0n) is 10.0. The van der Waals surface area contributed by atoms with Crippen molar-refractivity contribution in [2.75, 3.05) is 11.9 Å². The zero-order chi connectivity index (χ0) is 13.5. The van der Waals surface area contributed by atoms with Crippen molar-refractivity contribution < 1.29 is 18.3 Å². The molecule has 6 heteroatoms. The topological polar surface area (TPSA) is 64.3 Å². The molecule has 18 heavy (non-hydrogen) atoms. The standard InChI is InChI=1S/C12H16F2N2O2/c1-8(12(13)14)16-9-2-4-10(5-3-9)18-7-6-11(15)17/h2-5,8,12,16H,6-7H2,1H3,(H2,15,17). The van der Waals surface area contributed by atoms with Gasteiger partial charge in [0.15, 0.2) is 0 Å². The molecule has 0 saturated carbocycles. The minimum Gasteiger partial charge on any atom is -0.493 e. The fourth-order valence-corrected chi connectivity index (χ4v) is 1.24. The molecule has 0 fully saturated rings. The Kier molecular flexibility index (Phi) is 5.35. The highest BCUT2D eigenvalue weighted by atomic mass is 19.3. The van der Waals surface area contributed by atoms with Crippen LogP contribution in [0.3, 0.4) is 0 Å². The van der Waals surface area contributed by atoms with Crippen LogP contribution < -0.4 is 15.8 Å². The molecule has 1 aromatic carbocycles. The van der Waals surface area contributed by atoms with Crippen molar-refractivity contribution in [3.05, 3.63) is 24.3 Å². The molecule has 3 N–H and O–H groups in total. The van der Waals surface area contributed by atoms with Crippen molar-refractivity contribution in [1.82, 2.24) is 0 Å². The smallest absolute Gasteiger partial charge is 0.258 e. The van der Waals surface area contributed by atoms with E-state index >= 15 is 0 Å². The van der Waals surface area contributed by atoms with Crippen molar-refractivity contribution in [3.63, 3.8) is 0 Å². The first-order valence-electron chi connectivity index (χ1n) is 5.55. The van der Waals surface area contributed by atoms with Crippen LogP contribution in [0.1, 0.15) is 13.3 Å². The number of halogens is 2. The summed E-state index contributed by atoms with van der Waals surface area (Å²) in [4.78, 5) is 10.5. The van der Waals surface area contributed by atoms with Crippen LogP contribution in [0.4, 0.5) is 14.5 Å². The van der Waals surface area contributed by atoms with Crippen LogP contribution in [-0.2, 0) is 4.79 Å². The second-order valence-electron chi connectivity index (χ2n) is 3.86. The summed E-state index contributed by atoms with van der Waals surface area (Å²) < 4.78 is 29.9. The van der Waals surface area contributed by atoms with Crippen molar-refractivity contribution in [1.29, 1.82) is 0 Å². The molecule has 0 aliphatic carbocycles. The summed E-state index contributed by atoms with van der Waals surface area (Å²) >= 11 is 0. The molecule has 1 rings (SSSR count). The second-order valence-corrected chi connectivity index (χ2v) is 3.86. The summed E-state index contributed by atoms with van der Waals surface area (Å²) in [5.74, 6) is 0.130.